The van der Waals surface area contributed by atoms with Crippen molar-refractivity contribution in [1.82, 2.24) is 4.90 Å². The Labute approximate surface area is 183 Å². The number of nitrogens with zero attached hydrogens (tertiary/aromatic N) is 1. The molecule has 0 saturated heterocycles. The highest BCUT2D eigenvalue weighted by Crippen LogP contribution is 2.38. The highest BCUT2D eigenvalue weighted by molar-refractivity contribution is 5.96. The van der Waals surface area contributed by atoms with Crippen molar-refractivity contribution < 1.29 is 18.7 Å². The summed E-state index contributed by atoms with van der Waals surface area (Å²) in [7, 11) is 0. The fraction of sp³-hybridized carbons (Fsp3) is 0.385. The summed E-state index contributed by atoms with van der Waals surface area (Å²) in [4.78, 5) is 27.8. The first-order chi connectivity index (χ1) is 14.7. The lowest BCUT2D eigenvalue weighted by molar-refractivity contribution is -0.143. The molecule has 3 rings (SSSR count). The zero-order chi connectivity index (χ0) is 22.7. The van der Waals surface area contributed by atoms with Gasteiger partial charge in [0, 0.05) is 18.0 Å². The van der Waals surface area contributed by atoms with E-state index in [0.29, 0.717) is 17.2 Å². The summed E-state index contributed by atoms with van der Waals surface area (Å²) in [5.41, 5.74) is 4.02. The molecule has 5 heteroatoms. The van der Waals surface area contributed by atoms with E-state index in [-0.39, 0.29) is 36.7 Å². The average Bonchev–Trinajstić information content (AvgIpc) is 2.71. The Bertz CT molecular complexity index is 975. The summed E-state index contributed by atoms with van der Waals surface area (Å²) >= 11 is 0. The molecule has 1 unspecified atom stereocenters. The van der Waals surface area contributed by atoms with Crippen LogP contribution in [-0.2, 0) is 20.9 Å². The Kier molecular flexibility index (Phi) is 6.94. The summed E-state index contributed by atoms with van der Waals surface area (Å²) in [6.07, 6.45) is -0.0813. The minimum atomic E-state index is -0.401. The molecule has 0 radical (unpaired) electrons. The van der Waals surface area contributed by atoms with Crippen molar-refractivity contribution in [1.29, 1.82) is 0 Å². The van der Waals surface area contributed by atoms with Gasteiger partial charge in [-0.3, -0.25) is 4.79 Å². The van der Waals surface area contributed by atoms with Gasteiger partial charge in [0.2, 0.25) is 5.91 Å². The molecule has 31 heavy (non-hydrogen) atoms. The number of hydrogen-bond acceptors (Lipinski definition) is 3. The van der Waals surface area contributed by atoms with Crippen molar-refractivity contribution in [3.05, 3.63) is 82.3 Å². The van der Waals surface area contributed by atoms with Gasteiger partial charge in [0.1, 0.15) is 5.82 Å². The first kappa shape index (κ1) is 22.7. The molecule has 164 valence electrons. The number of hydrogen-bond donors (Lipinski definition) is 0. The van der Waals surface area contributed by atoms with Gasteiger partial charge in [0.05, 0.1) is 18.2 Å². The molecule has 2 aromatic carbocycles. The molecular formula is C26H30FNO3. The van der Waals surface area contributed by atoms with Gasteiger partial charge in [-0.1, -0.05) is 50.2 Å². The molecule has 1 amide bonds. The van der Waals surface area contributed by atoms with Crippen molar-refractivity contribution in [2.24, 2.45) is 0 Å². The monoisotopic (exact) mass is 423 g/mol. The van der Waals surface area contributed by atoms with E-state index in [1.165, 1.54) is 17.7 Å². The number of carbonyl (C=O) groups excluding carboxylic acids is 2. The van der Waals surface area contributed by atoms with E-state index >= 15 is 0 Å². The van der Waals surface area contributed by atoms with Crippen molar-refractivity contribution in [3.63, 3.8) is 0 Å². The van der Waals surface area contributed by atoms with Crippen LogP contribution in [0.4, 0.5) is 4.39 Å². The molecule has 0 fully saturated rings. The molecule has 0 aromatic heterocycles. The maximum Gasteiger partial charge on any atom is 0.336 e. The van der Waals surface area contributed by atoms with E-state index in [1.54, 1.807) is 24.0 Å². The highest BCUT2D eigenvalue weighted by Gasteiger charge is 2.37. The largest absolute Gasteiger partial charge is 0.460 e. The van der Waals surface area contributed by atoms with Gasteiger partial charge < -0.3 is 9.64 Å². The number of carbonyl (C=O) groups is 2. The molecule has 1 atom stereocenters. The van der Waals surface area contributed by atoms with Gasteiger partial charge in [-0.25, -0.2) is 9.18 Å². The standard InChI is InChI=1S/C26H30FNO3/c1-16(2)20-8-10-21(11-9-20)23-14-24(29)28(15-19-6-12-22(27)13-7-19)18(5)25(23)26(30)31-17(3)4/h6-13,16-17,23H,14-15H2,1-5H3. The molecule has 0 aliphatic carbocycles. The summed E-state index contributed by atoms with van der Waals surface area (Å²) in [6, 6.07) is 14.1. The molecule has 0 N–H and O–H groups in total. The minimum Gasteiger partial charge on any atom is -0.460 e. The molecule has 1 aliphatic rings. The molecule has 0 spiro atoms. The van der Waals surface area contributed by atoms with Crippen LogP contribution in [0.5, 0.6) is 0 Å². The molecule has 0 bridgehead atoms. The second kappa shape index (κ2) is 9.46. The van der Waals surface area contributed by atoms with Crippen LogP contribution in [-0.4, -0.2) is 22.9 Å². The van der Waals surface area contributed by atoms with Crippen LogP contribution < -0.4 is 0 Å². The zero-order valence-corrected chi connectivity index (χ0v) is 18.8. The fourth-order valence-corrected chi connectivity index (χ4v) is 3.92. The maximum atomic E-state index is 13.3. The van der Waals surface area contributed by atoms with Gasteiger partial charge in [-0.2, -0.15) is 0 Å². The third kappa shape index (κ3) is 5.22. The van der Waals surface area contributed by atoms with Gasteiger partial charge in [-0.05, 0) is 55.5 Å². The molecule has 1 heterocycles. The predicted molar refractivity (Wildman–Crippen MR) is 119 cm³/mol. The number of rotatable bonds is 6. The normalized spacial score (nSPS) is 17.0. The lowest BCUT2D eigenvalue weighted by Crippen LogP contribution is -2.38. The fourth-order valence-electron chi connectivity index (χ4n) is 3.92. The van der Waals surface area contributed by atoms with E-state index in [9.17, 15) is 14.0 Å². The van der Waals surface area contributed by atoms with Gasteiger partial charge in [0.25, 0.3) is 0 Å². The van der Waals surface area contributed by atoms with Crippen LogP contribution in [0.2, 0.25) is 0 Å². The molecule has 4 nitrogen and oxygen atoms in total. The lowest BCUT2D eigenvalue weighted by Gasteiger charge is -2.35. The quantitative estimate of drug-likeness (QED) is 0.561. The smallest absolute Gasteiger partial charge is 0.336 e. The Balaban J connectivity index is 2.01. The molecule has 2 aromatic rings. The summed E-state index contributed by atoms with van der Waals surface area (Å²) in [6.45, 7) is 9.94. The van der Waals surface area contributed by atoms with E-state index < -0.39 is 5.97 Å². The van der Waals surface area contributed by atoms with Crippen molar-refractivity contribution in [2.75, 3.05) is 0 Å². The van der Waals surface area contributed by atoms with E-state index in [0.717, 1.165) is 11.1 Å². The summed E-state index contributed by atoms with van der Waals surface area (Å²) < 4.78 is 18.8. The molecular weight excluding hydrogens is 393 g/mol. The van der Waals surface area contributed by atoms with Gasteiger partial charge >= 0.3 is 5.97 Å². The van der Waals surface area contributed by atoms with Crippen LogP contribution >= 0.6 is 0 Å². The first-order valence-electron chi connectivity index (χ1n) is 10.7. The summed E-state index contributed by atoms with van der Waals surface area (Å²) in [5, 5.41) is 0. The van der Waals surface area contributed by atoms with Crippen LogP contribution in [0, 0.1) is 5.82 Å². The molecule has 1 aliphatic heterocycles. The Hall–Kier alpha value is -2.95. The lowest BCUT2D eigenvalue weighted by atomic mass is 9.83. The number of esters is 1. The van der Waals surface area contributed by atoms with Crippen LogP contribution in [0.3, 0.4) is 0 Å². The Morgan fingerprint density at radius 3 is 2.23 bits per heavy atom. The number of halogens is 1. The summed E-state index contributed by atoms with van der Waals surface area (Å²) in [5.74, 6) is -0.754. The van der Waals surface area contributed by atoms with Gasteiger partial charge in [0.15, 0.2) is 0 Å². The van der Waals surface area contributed by atoms with E-state index in [2.05, 4.69) is 26.0 Å². The third-order valence-corrected chi connectivity index (χ3v) is 5.65. The highest BCUT2D eigenvalue weighted by atomic mass is 19.1. The number of benzene rings is 2. The van der Waals surface area contributed by atoms with Crippen LogP contribution in [0.25, 0.3) is 0 Å². The maximum absolute atomic E-state index is 13.3. The molecule has 0 saturated carbocycles. The van der Waals surface area contributed by atoms with Crippen LogP contribution in [0.15, 0.2) is 59.8 Å². The zero-order valence-electron chi connectivity index (χ0n) is 18.8. The minimum absolute atomic E-state index is 0.0686. The van der Waals surface area contributed by atoms with Crippen molar-refractivity contribution in [2.45, 2.75) is 65.5 Å². The number of amides is 1. The van der Waals surface area contributed by atoms with Crippen molar-refractivity contribution >= 4 is 11.9 Å². The van der Waals surface area contributed by atoms with Crippen molar-refractivity contribution in [3.8, 4) is 0 Å². The topological polar surface area (TPSA) is 46.6 Å². The SMILES string of the molecule is CC1=C(C(=O)OC(C)C)C(c2ccc(C(C)C)cc2)CC(=O)N1Cc1ccc(F)cc1. The Morgan fingerprint density at radius 2 is 1.68 bits per heavy atom. The second-order valence-corrected chi connectivity index (χ2v) is 8.64. The van der Waals surface area contributed by atoms with Crippen LogP contribution in [0.1, 0.15) is 69.6 Å². The van der Waals surface area contributed by atoms with E-state index in [4.69, 9.17) is 4.74 Å². The number of ether oxygens (including phenoxy) is 1. The Morgan fingerprint density at radius 1 is 1.06 bits per heavy atom. The average molecular weight is 424 g/mol. The second-order valence-electron chi connectivity index (χ2n) is 8.64. The predicted octanol–water partition coefficient (Wildman–Crippen LogP) is 5.69. The van der Waals surface area contributed by atoms with E-state index in [1.807, 2.05) is 26.0 Å². The number of allylic oxidation sites excluding steroid dienone is 1. The third-order valence-electron chi connectivity index (χ3n) is 5.65. The first-order valence-corrected chi connectivity index (χ1v) is 10.7. The van der Waals surface area contributed by atoms with Gasteiger partial charge in [-0.15, -0.1) is 0 Å².